The summed E-state index contributed by atoms with van der Waals surface area (Å²) in [5.74, 6) is -0.154. The number of hydrogen-bond acceptors (Lipinski definition) is 4. The number of nitrogens with zero attached hydrogens (tertiary/aromatic N) is 1. The first kappa shape index (κ1) is 16.9. The Balaban J connectivity index is 1.71. The van der Waals surface area contributed by atoms with Crippen LogP contribution in [0.2, 0.25) is 0 Å². The quantitative estimate of drug-likeness (QED) is 0.613. The van der Waals surface area contributed by atoms with Crippen LogP contribution in [0, 0.1) is 5.82 Å². The van der Waals surface area contributed by atoms with Gasteiger partial charge in [-0.2, -0.15) is 0 Å². The zero-order valence-corrected chi connectivity index (χ0v) is 13.5. The minimum Gasteiger partial charge on any atom is -0.459 e. The Morgan fingerprint density at radius 2 is 2.04 bits per heavy atom. The first-order valence-electron chi connectivity index (χ1n) is 8.33. The largest absolute Gasteiger partial charge is 0.459 e. The molecule has 0 aromatic heterocycles. The van der Waals surface area contributed by atoms with Crippen LogP contribution in [0.3, 0.4) is 0 Å². The third kappa shape index (κ3) is 4.33. The number of amides is 1. The molecule has 1 aromatic carbocycles. The summed E-state index contributed by atoms with van der Waals surface area (Å²) in [6, 6.07) is 6.29. The van der Waals surface area contributed by atoms with Crippen LogP contribution in [0.1, 0.15) is 30.7 Å². The van der Waals surface area contributed by atoms with E-state index in [-0.39, 0.29) is 24.2 Å². The number of aliphatic hydroxyl groups is 1. The molecule has 5 nitrogen and oxygen atoms in total. The Hall–Kier alpha value is -1.92. The number of allylic oxidation sites excluding steroid dienone is 1. The van der Waals surface area contributed by atoms with Crippen molar-refractivity contribution >= 4 is 5.91 Å². The Labute approximate surface area is 140 Å². The van der Waals surface area contributed by atoms with Crippen molar-refractivity contribution in [3.8, 4) is 0 Å². The summed E-state index contributed by atoms with van der Waals surface area (Å²) in [5.41, 5.74) is 0.930. The summed E-state index contributed by atoms with van der Waals surface area (Å²) in [6.45, 7) is 2.10. The molecule has 0 aliphatic carbocycles. The third-order valence-corrected chi connectivity index (χ3v) is 4.16. The lowest BCUT2D eigenvalue weighted by molar-refractivity contribution is -0.149. The molecule has 0 radical (unpaired) electrons. The second-order valence-corrected chi connectivity index (χ2v) is 6.07. The highest BCUT2D eigenvalue weighted by atomic mass is 19.1. The van der Waals surface area contributed by atoms with Crippen molar-refractivity contribution in [2.24, 2.45) is 0 Å². The number of aliphatic hydroxyl groups excluding tert-OH is 1. The number of benzene rings is 1. The number of halogens is 1. The first-order chi connectivity index (χ1) is 11.7. The lowest BCUT2D eigenvalue weighted by Crippen LogP contribution is -2.29. The molecule has 2 aliphatic heterocycles. The molecule has 0 bridgehead atoms. The Morgan fingerprint density at radius 3 is 2.71 bits per heavy atom. The van der Waals surface area contributed by atoms with Gasteiger partial charge in [-0.05, 0) is 36.6 Å². The summed E-state index contributed by atoms with van der Waals surface area (Å²) in [4.78, 5) is 14.0. The highest BCUT2D eigenvalue weighted by Gasteiger charge is 2.34. The number of ether oxygens (including phenoxy) is 2. The van der Waals surface area contributed by atoms with Gasteiger partial charge in [-0.25, -0.2) is 4.39 Å². The maximum atomic E-state index is 13.1. The molecule has 130 valence electrons. The molecule has 3 rings (SSSR count). The number of carbonyl (C=O) groups is 1. The Bertz CT molecular complexity index is 598. The molecule has 2 aliphatic rings. The third-order valence-electron chi connectivity index (χ3n) is 4.16. The molecule has 0 spiro atoms. The van der Waals surface area contributed by atoms with Crippen molar-refractivity contribution < 1.29 is 23.8 Å². The molecule has 1 fully saturated rings. The fourth-order valence-electron chi connectivity index (χ4n) is 2.69. The molecule has 1 aromatic rings. The van der Waals surface area contributed by atoms with Crippen LogP contribution >= 0.6 is 0 Å². The minimum absolute atomic E-state index is 0.0545. The molecule has 6 heteroatoms. The lowest BCUT2D eigenvalue weighted by atomic mass is 9.93. The average molecular weight is 335 g/mol. The van der Waals surface area contributed by atoms with E-state index in [1.54, 1.807) is 17.0 Å². The van der Waals surface area contributed by atoms with E-state index in [1.165, 1.54) is 12.1 Å². The molecule has 1 N–H and O–H groups in total. The molecular formula is C18H22FNO4. The van der Waals surface area contributed by atoms with Crippen LogP contribution < -0.4 is 0 Å². The molecule has 2 heterocycles. The van der Waals surface area contributed by atoms with Crippen molar-refractivity contribution in [2.45, 2.75) is 31.5 Å². The van der Waals surface area contributed by atoms with Gasteiger partial charge in [-0.15, -0.1) is 0 Å². The molecule has 0 saturated carbocycles. The first-order valence-corrected chi connectivity index (χ1v) is 8.33. The molecule has 24 heavy (non-hydrogen) atoms. The summed E-state index contributed by atoms with van der Waals surface area (Å²) >= 11 is 0. The maximum absolute atomic E-state index is 13.1. The lowest BCUT2D eigenvalue weighted by Gasteiger charge is -2.29. The van der Waals surface area contributed by atoms with Crippen LogP contribution in [0.15, 0.2) is 36.1 Å². The molecule has 0 unspecified atom stereocenters. The smallest absolute Gasteiger partial charge is 0.288 e. The van der Waals surface area contributed by atoms with Gasteiger partial charge in [0.05, 0.1) is 6.61 Å². The van der Waals surface area contributed by atoms with E-state index in [2.05, 4.69) is 0 Å². The molecular weight excluding hydrogens is 313 g/mol. The van der Waals surface area contributed by atoms with E-state index >= 15 is 0 Å². The van der Waals surface area contributed by atoms with Crippen LogP contribution in [0.5, 0.6) is 0 Å². The fourth-order valence-corrected chi connectivity index (χ4v) is 2.69. The second-order valence-electron chi connectivity index (χ2n) is 6.07. The van der Waals surface area contributed by atoms with E-state index in [0.29, 0.717) is 25.2 Å². The van der Waals surface area contributed by atoms with E-state index in [0.717, 1.165) is 25.1 Å². The highest BCUT2D eigenvalue weighted by molar-refractivity contribution is 5.93. The fraction of sp³-hybridized carbons (Fsp3) is 0.500. The van der Waals surface area contributed by atoms with Gasteiger partial charge in [0, 0.05) is 32.0 Å². The number of carbonyl (C=O) groups excluding carboxylic acids is 1. The highest BCUT2D eigenvalue weighted by Crippen LogP contribution is 2.32. The van der Waals surface area contributed by atoms with E-state index in [9.17, 15) is 9.18 Å². The summed E-state index contributed by atoms with van der Waals surface area (Å²) in [6.07, 6.45) is 3.27. The van der Waals surface area contributed by atoms with Gasteiger partial charge in [-0.3, -0.25) is 4.79 Å². The van der Waals surface area contributed by atoms with Crippen molar-refractivity contribution in [1.29, 1.82) is 0 Å². The average Bonchev–Trinajstić information content (AvgIpc) is 3.43. The van der Waals surface area contributed by atoms with Gasteiger partial charge in [0.2, 0.25) is 6.29 Å². The van der Waals surface area contributed by atoms with Gasteiger partial charge >= 0.3 is 0 Å². The SMILES string of the molecule is O=C(C1=C[C@H](c2ccc(F)cc2)C[C@H](OCCCCO)O1)N1CC1. The van der Waals surface area contributed by atoms with Crippen molar-refractivity contribution in [3.63, 3.8) is 0 Å². The monoisotopic (exact) mass is 335 g/mol. The predicted octanol–water partition coefficient (Wildman–Crippen LogP) is 2.17. The molecule has 2 atom stereocenters. The number of hydrogen-bond donors (Lipinski definition) is 1. The van der Waals surface area contributed by atoms with Crippen LogP contribution in [0.4, 0.5) is 4.39 Å². The van der Waals surface area contributed by atoms with Crippen molar-refractivity contribution in [3.05, 3.63) is 47.5 Å². The zero-order valence-electron chi connectivity index (χ0n) is 13.5. The Kier molecular flexibility index (Phi) is 5.48. The van der Waals surface area contributed by atoms with Gasteiger partial charge in [0.15, 0.2) is 5.76 Å². The van der Waals surface area contributed by atoms with Gasteiger partial charge in [0.25, 0.3) is 5.91 Å². The number of rotatable bonds is 7. The maximum Gasteiger partial charge on any atom is 0.288 e. The van der Waals surface area contributed by atoms with E-state index in [1.807, 2.05) is 6.08 Å². The van der Waals surface area contributed by atoms with E-state index in [4.69, 9.17) is 14.6 Å². The zero-order chi connectivity index (χ0) is 16.9. The second kappa shape index (κ2) is 7.77. The van der Waals surface area contributed by atoms with Crippen LogP contribution in [-0.4, -0.2) is 48.5 Å². The number of unbranched alkanes of at least 4 members (excludes halogenated alkanes) is 1. The molecule has 1 amide bonds. The van der Waals surface area contributed by atoms with Gasteiger partial charge in [-0.1, -0.05) is 12.1 Å². The standard InChI is InChI=1S/C18H22FNO4/c19-15-5-3-13(4-6-15)14-11-16(18(22)20-7-8-20)24-17(12-14)23-10-2-1-9-21/h3-6,11,14,17,21H,1-2,7-10,12H2/t14-,17+/m0/s1. The van der Waals surface area contributed by atoms with Gasteiger partial charge in [0.1, 0.15) is 5.82 Å². The van der Waals surface area contributed by atoms with E-state index < -0.39 is 6.29 Å². The van der Waals surface area contributed by atoms with Crippen molar-refractivity contribution in [1.82, 2.24) is 4.90 Å². The summed E-state index contributed by atoms with van der Waals surface area (Å²) < 4.78 is 24.6. The summed E-state index contributed by atoms with van der Waals surface area (Å²) in [7, 11) is 0. The predicted molar refractivity (Wildman–Crippen MR) is 85.6 cm³/mol. The Morgan fingerprint density at radius 1 is 1.29 bits per heavy atom. The normalized spacial score (nSPS) is 22.8. The van der Waals surface area contributed by atoms with Crippen LogP contribution in [0.25, 0.3) is 0 Å². The van der Waals surface area contributed by atoms with Crippen LogP contribution in [-0.2, 0) is 14.3 Å². The summed E-state index contributed by atoms with van der Waals surface area (Å²) in [5, 5.41) is 8.82. The van der Waals surface area contributed by atoms with Gasteiger partial charge < -0.3 is 19.5 Å². The topological polar surface area (TPSA) is 58.8 Å². The van der Waals surface area contributed by atoms with Crippen molar-refractivity contribution in [2.75, 3.05) is 26.3 Å². The molecule has 1 saturated heterocycles. The minimum atomic E-state index is -0.511.